The largest absolute Gasteiger partial charge is 0.334 e. The summed E-state index contributed by atoms with van der Waals surface area (Å²) in [7, 11) is 1.84. The Hall–Kier alpha value is -3.88. The molecule has 4 heterocycles. The summed E-state index contributed by atoms with van der Waals surface area (Å²) in [5.41, 5.74) is 3.15. The first-order valence-corrected chi connectivity index (χ1v) is 9.45. The fraction of sp³-hybridized carbons (Fsp3) is 0.190. The van der Waals surface area contributed by atoms with Crippen molar-refractivity contribution in [3.63, 3.8) is 0 Å². The summed E-state index contributed by atoms with van der Waals surface area (Å²) in [5, 5.41) is 8.45. The lowest BCUT2D eigenvalue weighted by Gasteiger charge is -2.27. The zero-order valence-electron chi connectivity index (χ0n) is 16.1. The van der Waals surface area contributed by atoms with Crippen molar-refractivity contribution in [2.24, 2.45) is 7.05 Å². The third-order valence-electron chi connectivity index (χ3n) is 5.18. The Balaban J connectivity index is 1.48. The molecule has 0 unspecified atom stereocenters. The molecule has 0 aliphatic carbocycles. The lowest BCUT2D eigenvalue weighted by Crippen LogP contribution is -2.36. The number of pyridine rings is 1. The highest BCUT2D eigenvalue weighted by Gasteiger charge is 2.30. The zero-order chi connectivity index (χ0) is 20.7. The van der Waals surface area contributed by atoms with E-state index in [1.807, 2.05) is 7.05 Å². The number of amides is 1. The molecule has 1 aromatic carbocycles. The van der Waals surface area contributed by atoms with Gasteiger partial charge in [0.05, 0.1) is 17.7 Å². The van der Waals surface area contributed by atoms with Crippen LogP contribution in [0.5, 0.6) is 0 Å². The van der Waals surface area contributed by atoms with E-state index in [9.17, 15) is 9.18 Å². The van der Waals surface area contributed by atoms with Gasteiger partial charge in [0.2, 0.25) is 5.82 Å². The SMILES string of the molecule is Cn1nc(-c2nc(-c3ccccc3F)no2)c2c1CCN(C(=O)c1cccnc1)C2. The fourth-order valence-electron chi connectivity index (χ4n) is 3.68. The van der Waals surface area contributed by atoms with Gasteiger partial charge in [-0.25, -0.2) is 4.39 Å². The minimum atomic E-state index is -0.429. The summed E-state index contributed by atoms with van der Waals surface area (Å²) in [4.78, 5) is 23.0. The Labute approximate surface area is 171 Å². The number of nitrogens with zero attached hydrogens (tertiary/aromatic N) is 6. The molecule has 0 atom stereocenters. The first kappa shape index (κ1) is 18.2. The highest BCUT2D eigenvalue weighted by Crippen LogP contribution is 2.31. The van der Waals surface area contributed by atoms with Crippen LogP contribution in [-0.4, -0.2) is 42.3 Å². The number of benzene rings is 1. The van der Waals surface area contributed by atoms with Crippen LogP contribution in [-0.2, 0) is 20.0 Å². The monoisotopic (exact) mass is 404 g/mol. The van der Waals surface area contributed by atoms with Gasteiger partial charge in [0.25, 0.3) is 11.8 Å². The van der Waals surface area contributed by atoms with Crippen LogP contribution in [0, 0.1) is 5.82 Å². The van der Waals surface area contributed by atoms with Crippen molar-refractivity contribution in [1.29, 1.82) is 0 Å². The van der Waals surface area contributed by atoms with E-state index >= 15 is 0 Å². The third kappa shape index (κ3) is 3.04. The smallest absolute Gasteiger partial charge is 0.279 e. The van der Waals surface area contributed by atoms with Crippen molar-refractivity contribution in [1.82, 2.24) is 29.8 Å². The van der Waals surface area contributed by atoms with Crippen LogP contribution < -0.4 is 0 Å². The second-order valence-corrected chi connectivity index (χ2v) is 7.02. The van der Waals surface area contributed by atoms with E-state index in [0.29, 0.717) is 30.8 Å². The third-order valence-corrected chi connectivity index (χ3v) is 5.18. The maximum absolute atomic E-state index is 14.1. The molecular formula is C21H17FN6O2. The highest BCUT2D eigenvalue weighted by molar-refractivity contribution is 5.94. The van der Waals surface area contributed by atoms with Crippen LogP contribution in [0.25, 0.3) is 23.0 Å². The second-order valence-electron chi connectivity index (χ2n) is 7.02. The number of hydrogen-bond donors (Lipinski definition) is 0. The predicted octanol–water partition coefficient (Wildman–Crippen LogP) is 2.87. The van der Waals surface area contributed by atoms with E-state index in [2.05, 4.69) is 20.2 Å². The molecule has 1 aliphatic heterocycles. The summed E-state index contributed by atoms with van der Waals surface area (Å²) in [6, 6.07) is 9.72. The number of aromatic nitrogens is 5. The van der Waals surface area contributed by atoms with Gasteiger partial charge in [-0.3, -0.25) is 14.5 Å². The highest BCUT2D eigenvalue weighted by atomic mass is 19.1. The molecule has 3 aromatic heterocycles. The minimum Gasteiger partial charge on any atom is -0.334 e. The van der Waals surface area contributed by atoms with Crippen LogP contribution in [0.1, 0.15) is 21.6 Å². The van der Waals surface area contributed by atoms with E-state index in [-0.39, 0.29) is 23.2 Å². The first-order valence-electron chi connectivity index (χ1n) is 9.45. The summed E-state index contributed by atoms with van der Waals surface area (Å²) in [5.74, 6) is -0.176. The molecule has 5 rings (SSSR count). The van der Waals surface area contributed by atoms with Gasteiger partial charge in [0.15, 0.2) is 5.69 Å². The molecular weight excluding hydrogens is 387 g/mol. The van der Waals surface area contributed by atoms with Crippen molar-refractivity contribution >= 4 is 5.91 Å². The first-order chi connectivity index (χ1) is 14.6. The van der Waals surface area contributed by atoms with Gasteiger partial charge in [0.1, 0.15) is 5.82 Å². The Morgan fingerprint density at radius 1 is 1.20 bits per heavy atom. The number of fused-ring (bicyclic) bond motifs is 1. The predicted molar refractivity (Wildman–Crippen MR) is 105 cm³/mol. The quantitative estimate of drug-likeness (QED) is 0.522. The molecule has 1 aliphatic rings. The van der Waals surface area contributed by atoms with Crippen molar-refractivity contribution in [2.75, 3.05) is 6.54 Å². The average molecular weight is 404 g/mol. The van der Waals surface area contributed by atoms with Crippen LogP contribution in [0.4, 0.5) is 4.39 Å². The van der Waals surface area contributed by atoms with E-state index in [4.69, 9.17) is 4.52 Å². The van der Waals surface area contributed by atoms with Gasteiger partial charge in [-0.2, -0.15) is 10.1 Å². The van der Waals surface area contributed by atoms with Gasteiger partial charge < -0.3 is 9.42 Å². The van der Waals surface area contributed by atoms with Crippen molar-refractivity contribution in [3.8, 4) is 23.0 Å². The lowest BCUT2D eigenvalue weighted by molar-refractivity contribution is 0.0733. The molecule has 0 spiro atoms. The maximum atomic E-state index is 14.1. The molecule has 0 radical (unpaired) electrons. The fourth-order valence-corrected chi connectivity index (χ4v) is 3.68. The molecule has 0 fully saturated rings. The van der Waals surface area contributed by atoms with Gasteiger partial charge in [-0.1, -0.05) is 17.3 Å². The van der Waals surface area contributed by atoms with E-state index in [0.717, 1.165) is 11.3 Å². The number of carbonyl (C=O) groups is 1. The summed E-state index contributed by atoms with van der Waals surface area (Å²) < 4.78 is 21.2. The van der Waals surface area contributed by atoms with Crippen molar-refractivity contribution in [2.45, 2.75) is 13.0 Å². The van der Waals surface area contributed by atoms with Crippen LogP contribution in [0.3, 0.4) is 0 Å². The van der Waals surface area contributed by atoms with Gasteiger partial charge in [-0.15, -0.1) is 0 Å². The minimum absolute atomic E-state index is 0.0962. The number of carbonyl (C=O) groups excluding carboxylic acids is 1. The summed E-state index contributed by atoms with van der Waals surface area (Å²) >= 11 is 0. The normalized spacial score (nSPS) is 13.3. The molecule has 150 valence electrons. The van der Waals surface area contributed by atoms with E-state index in [1.165, 1.54) is 6.07 Å². The average Bonchev–Trinajstić information content (AvgIpc) is 3.39. The Morgan fingerprint density at radius 2 is 2.07 bits per heavy atom. The number of hydrogen-bond acceptors (Lipinski definition) is 6. The Kier molecular flexibility index (Phi) is 4.35. The molecule has 0 bridgehead atoms. The molecule has 4 aromatic rings. The standard InChI is InChI=1S/C21H17FN6O2/c1-27-17-8-10-28(21(29)13-5-4-9-23-11-13)12-15(17)18(25-27)20-24-19(26-30-20)14-6-2-3-7-16(14)22/h2-7,9,11H,8,10,12H2,1H3. The lowest BCUT2D eigenvalue weighted by atomic mass is 10.0. The van der Waals surface area contributed by atoms with E-state index < -0.39 is 5.82 Å². The number of halogens is 1. The van der Waals surface area contributed by atoms with Crippen LogP contribution in [0.15, 0.2) is 53.3 Å². The van der Waals surface area contributed by atoms with Gasteiger partial charge in [0, 0.05) is 43.7 Å². The Morgan fingerprint density at radius 3 is 2.87 bits per heavy atom. The Bertz CT molecular complexity index is 1230. The van der Waals surface area contributed by atoms with Gasteiger partial charge >= 0.3 is 0 Å². The summed E-state index contributed by atoms with van der Waals surface area (Å²) in [6.07, 6.45) is 3.84. The maximum Gasteiger partial charge on any atom is 0.279 e. The van der Waals surface area contributed by atoms with Crippen molar-refractivity contribution < 1.29 is 13.7 Å². The topological polar surface area (TPSA) is 89.9 Å². The molecule has 1 amide bonds. The second kappa shape index (κ2) is 7.18. The molecule has 0 N–H and O–H groups in total. The summed E-state index contributed by atoms with van der Waals surface area (Å²) in [6.45, 7) is 0.938. The van der Waals surface area contributed by atoms with Gasteiger partial charge in [-0.05, 0) is 24.3 Å². The van der Waals surface area contributed by atoms with Crippen molar-refractivity contribution in [3.05, 3.63) is 71.4 Å². The molecule has 8 nitrogen and oxygen atoms in total. The number of rotatable bonds is 3. The molecule has 0 saturated carbocycles. The zero-order valence-corrected chi connectivity index (χ0v) is 16.1. The van der Waals surface area contributed by atoms with Crippen LogP contribution >= 0.6 is 0 Å². The number of aryl methyl sites for hydroxylation is 1. The molecule has 30 heavy (non-hydrogen) atoms. The van der Waals surface area contributed by atoms with E-state index in [1.54, 1.807) is 52.3 Å². The molecule has 0 saturated heterocycles. The molecule has 9 heteroatoms. The van der Waals surface area contributed by atoms with Crippen LogP contribution in [0.2, 0.25) is 0 Å².